The van der Waals surface area contributed by atoms with Crippen molar-refractivity contribution in [1.82, 2.24) is 4.57 Å². The zero-order chi connectivity index (χ0) is 10.7. The van der Waals surface area contributed by atoms with Crippen LogP contribution in [0.5, 0.6) is 0 Å². The molecule has 0 bridgehead atoms. The molecule has 0 aliphatic carbocycles. The highest BCUT2D eigenvalue weighted by Crippen LogP contribution is 2.10. The normalized spacial score (nSPS) is 9.79. The Labute approximate surface area is 82.6 Å². The molecule has 1 heterocycles. The Hall–Kier alpha value is -1.76. The lowest BCUT2D eigenvalue weighted by atomic mass is 10.1. The second-order valence-electron chi connectivity index (χ2n) is 3.20. The van der Waals surface area contributed by atoms with E-state index in [2.05, 4.69) is 0 Å². The fourth-order valence-corrected chi connectivity index (χ4v) is 1.36. The van der Waals surface area contributed by atoms with Gasteiger partial charge in [-0.2, -0.15) is 5.26 Å². The molecule has 0 unspecified atom stereocenters. The quantitative estimate of drug-likeness (QED) is 0.751. The first-order chi connectivity index (χ1) is 6.61. The molecule has 0 fully saturated rings. The van der Waals surface area contributed by atoms with E-state index in [1.807, 2.05) is 13.0 Å². The first-order valence-corrected chi connectivity index (χ1v) is 4.50. The average molecular weight is 191 g/mol. The third-order valence-electron chi connectivity index (χ3n) is 2.18. The maximum atomic E-state index is 11.6. The van der Waals surface area contributed by atoms with E-state index in [1.165, 1.54) is 4.57 Å². The summed E-state index contributed by atoms with van der Waals surface area (Å²) < 4.78 is 1.29. The second kappa shape index (κ2) is 3.97. The van der Waals surface area contributed by atoms with Crippen molar-refractivity contribution in [2.75, 3.05) is 5.73 Å². The standard InChI is InChI=1S/C10H13N3O/c1-3-4-7-5-9(12)13(2)10(14)8(7)6-11/h5H,3-4,12H2,1-2H3. The molecule has 14 heavy (non-hydrogen) atoms. The van der Waals surface area contributed by atoms with E-state index >= 15 is 0 Å². The largest absolute Gasteiger partial charge is 0.385 e. The molecule has 0 aliphatic rings. The number of aryl methyl sites for hydroxylation is 1. The van der Waals surface area contributed by atoms with E-state index < -0.39 is 0 Å². The van der Waals surface area contributed by atoms with Gasteiger partial charge in [0.1, 0.15) is 17.5 Å². The van der Waals surface area contributed by atoms with Crippen LogP contribution in [0.2, 0.25) is 0 Å². The summed E-state index contributed by atoms with van der Waals surface area (Å²) in [5.74, 6) is 0.400. The Balaban J connectivity index is 3.46. The van der Waals surface area contributed by atoms with Crippen molar-refractivity contribution in [3.05, 3.63) is 27.5 Å². The summed E-state index contributed by atoms with van der Waals surface area (Å²) in [6.07, 6.45) is 1.60. The van der Waals surface area contributed by atoms with Gasteiger partial charge in [0.05, 0.1) is 0 Å². The summed E-state index contributed by atoms with van der Waals surface area (Å²) in [6, 6.07) is 3.63. The van der Waals surface area contributed by atoms with Gasteiger partial charge in [0.2, 0.25) is 0 Å². The minimum Gasteiger partial charge on any atom is -0.385 e. The van der Waals surface area contributed by atoms with Crippen LogP contribution in [0, 0.1) is 11.3 Å². The Morgan fingerprint density at radius 1 is 1.64 bits per heavy atom. The highest BCUT2D eigenvalue weighted by atomic mass is 16.1. The minimum absolute atomic E-state index is 0.212. The SMILES string of the molecule is CCCc1cc(N)n(C)c(=O)c1C#N. The predicted octanol–water partition coefficient (Wildman–Crippen LogP) is 0.792. The van der Waals surface area contributed by atoms with Crippen molar-refractivity contribution in [3.8, 4) is 6.07 Å². The van der Waals surface area contributed by atoms with Crippen LogP contribution in [0.1, 0.15) is 24.5 Å². The lowest BCUT2D eigenvalue weighted by Gasteiger charge is -2.07. The molecule has 0 amide bonds. The molecule has 4 heteroatoms. The molecule has 0 saturated carbocycles. The predicted molar refractivity (Wildman–Crippen MR) is 54.8 cm³/mol. The van der Waals surface area contributed by atoms with E-state index in [-0.39, 0.29) is 11.1 Å². The molecule has 2 N–H and O–H groups in total. The van der Waals surface area contributed by atoms with E-state index in [4.69, 9.17) is 11.0 Å². The molecule has 0 radical (unpaired) electrons. The molecule has 74 valence electrons. The van der Waals surface area contributed by atoms with Crippen molar-refractivity contribution in [2.24, 2.45) is 7.05 Å². The van der Waals surface area contributed by atoms with Gasteiger partial charge in [0.15, 0.2) is 0 Å². The van der Waals surface area contributed by atoms with E-state index in [1.54, 1.807) is 13.1 Å². The van der Waals surface area contributed by atoms with Crippen LogP contribution in [0.3, 0.4) is 0 Å². The van der Waals surface area contributed by atoms with Crippen molar-refractivity contribution in [1.29, 1.82) is 5.26 Å². The summed E-state index contributed by atoms with van der Waals surface area (Å²) in [7, 11) is 1.56. The van der Waals surface area contributed by atoms with Crippen molar-refractivity contribution in [2.45, 2.75) is 19.8 Å². The number of aromatic nitrogens is 1. The fourth-order valence-electron chi connectivity index (χ4n) is 1.36. The van der Waals surface area contributed by atoms with Crippen molar-refractivity contribution >= 4 is 5.82 Å². The van der Waals surface area contributed by atoms with Crippen LogP contribution in [-0.2, 0) is 13.5 Å². The summed E-state index contributed by atoms with van der Waals surface area (Å²) in [5, 5.41) is 8.84. The summed E-state index contributed by atoms with van der Waals surface area (Å²) in [4.78, 5) is 11.6. The summed E-state index contributed by atoms with van der Waals surface area (Å²) in [6.45, 7) is 1.99. The zero-order valence-corrected chi connectivity index (χ0v) is 8.37. The van der Waals surface area contributed by atoms with Crippen LogP contribution in [0.4, 0.5) is 5.82 Å². The third kappa shape index (κ3) is 1.62. The van der Waals surface area contributed by atoms with E-state index in [9.17, 15) is 4.79 Å². The molecular formula is C10H13N3O. The van der Waals surface area contributed by atoms with Crippen LogP contribution in [0.15, 0.2) is 10.9 Å². The lowest BCUT2D eigenvalue weighted by molar-refractivity contribution is 0.842. The van der Waals surface area contributed by atoms with Gasteiger partial charge in [-0.25, -0.2) is 0 Å². The Morgan fingerprint density at radius 3 is 2.79 bits per heavy atom. The molecule has 0 spiro atoms. The van der Waals surface area contributed by atoms with Gasteiger partial charge >= 0.3 is 0 Å². The van der Waals surface area contributed by atoms with Gasteiger partial charge < -0.3 is 5.73 Å². The Kier molecular flexibility index (Phi) is 2.92. The molecule has 0 aliphatic heterocycles. The highest BCUT2D eigenvalue weighted by molar-refractivity contribution is 5.44. The maximum absolute atomic E-state index is 11.6. The van der Waals surface area contributed by atoms with Gasteiger partial charge in [-0.3, -0.25) is 9.36 Å². The number of nitrogen functional groups attached to an aromatic ring is 1. The number of nitrogens with two attached hydrogens (primary N) is 1. The third-order valence-corrected chi connectivity index (χ3v) is 2.18. The minimum atomic E-state index is -0.309. The van der Waals surface area contributed by atoms with Gasteiger partial charge in [0.25, 0.3) is 5.56 Å². The topological polar surface area (TPSA) is 71.8 Å². The molecule has 4 nitrogen and oxygen atoms in total. The number of hydrogen-bond acceptors (Lipinski definition) is 3. The molecule has 0 saturated heterocycles. The number of nitriles is 1. The highest BCUT2D eigenvalue weighted by Gasteiger charge is 2.09. The summed E-state index contributed by atoms with van der Waals surface area (Å²) >= 11 is 0. The maximum Gasteiger partial charge on any atom is 0.270 e. The number of hydrogen-bond donors (Lipinski definition) is 1. The van der Waals surface area contributed by atoms with Gasteiger partial charge in [-0.15, -0.1) is 0 Å². The second-order valence-corrected chi connectivity index (χ2v) is 3.20. The van der Waals surface area contributed by atoms with Crippen molar-refractivity contribution < 1.29 is 0 Å². The number of pyridine rings is 1. The van der Waals surface area contributed by atoms with Crippen LogP contribution >= 0.6 is 0 Å². The molecular weight excluding hydrogens is 178 g/mol. The van der Waals surface area contributed by atoms with E-state index in [0.717, 1.165) is 12.0 Å². The van der Waals surface area contributed by atoms with Gasteiger partial charge in [-0.05, 0) is 18.1 Å². The molecule has 0 aromatic carbocycles. The zero-order valence-electron chi connectivity index (χ0n) is 8.37. The fraction of sp³-hybridized carbons (Fsp3) is 0.400. The van der Waals surface area contributed by atoms with Crippen LogP contribution < -0.4 is 11.3 Å². The molecule has 1 rings (SSSR count). The Morgan fingerprint density at radius 2 is 2.29 bits per heavy atom. The molecule has 1 aromatic rings. The number of anilines is 1. The van der Waals surface area contributed by atoms with Crippen molar-refractivity contribution in [3.63, 3.8) is 0 Å². The Bertz CT molecular complexity index is 440. The first-order valence-electron chi connectivity index (χ1n) is 4.50. The monoisotopic (exact) mass is 191 g/mol. The lowest BCUT2D eigenvalue weighted by Crippen LogP contribution is -2.24. The van der Waals surface area contributed by atoms with Crippen LogP contribution in [0.25, 0.3) is 0 Å². The first kappa shape index (κ1) is 10.3. The summed E-state index contributed by atoms with van der Waals surface area (Å²) in [5.41, 5.74) is 6.28. The van der Waals surface area contributed by atoms with Gasteiger partial charge in [0, 0.05) is 7.05 Å². The number of rotatable bonds is 2. The smallest absolute Gasteiger partial charge is 0.270 e. The van der Waals surface area contributed by atoms with Crippen LogP contribution in [-0.4, -0.2) is 4.57 Å². The van der Waals surface area contributed by atoms with E-state index in [0.29, 0.717) is 12.2 Å². The molecule has 0 atom stereocenters. The average Bonchev–Trinajstić information content (AvgIpc) is 2.16. The number of nitrogens with zero attached hydrogens (tertiary/aromatic N) is 2. The van der Waals surface area contributed by atoms with Gasteiger partial charge in [-0.1, -0.05) is 13.3 Å². The molecule has 1 aromatic heterocycles.